The average molecular weight is 452 g/mol. The van der Waals surface area contributed by atoms with Crippen LogP contribution in [0.2, 0.25) is 0 Å². The number of benzene rings is 2. The lowest BCUT2D eigenvalue weighted by atomic mass is 9.95. The molecule has 0 aliphatic carbocycles. The van der Waals surface area contributed by atoms with Crippen LogP contribution in [0.3, 0.4) is 0 Å². The van der Waals surface area contributed by atoms with E-state index in [0.717, 1.165) is 22.0 Å². The fourth-order valence-electron chi connectivity index (χ4n) is 3.19. The topological polar surface area (TPSA) is 15.3 Å². The number of nitrogens with zero attached hydrogens (tertiary/aromatic N) is 1. The van der Waals surface area contributed by atoms with Gasteiger partial charge in [-0.15, -0.1) is 0 Å². The van der Waals surface area contributed by atoms with Crippen LogP contribution in [0.15, 0.2) is 51.4 Å². The third-order valence-electron chi connectivity index (χ3n) is 4.81. The van der Waals surface area contributed by atoms with Crippen molar-refractivity contribution in [2.75, 3.05) is 32.7 Å². The number of piperazine rings is 1. The summed E-state index contributed by atoms with van der Waals surface area (Å²) in [4.78, 5) is 2.57. The van der Waals surface area contributed by atoms with Crippen LogP contribution in [0.1, 0.15) is 24.8 Å². The van der Waals surface area contributed by atoms with Gasteiger partial charge in [0.05, 0.1) is 0 Å². The predicted octanol–water partition coefficient (Wildman–Crippen LogP) is 5.28. The van der Waals surface area contributed by atoms with Crippen LogP contribution in [0.25, 0.3) is 11.1 Å². The Bertz CT molecular complexity index is 664. The zero-order valence-corrected chi connectivity index (χ0v) is 17.2. The van der Waals surface area contributed by atoms with Gasteiger partial charge < -0.3 is 10.2 Å². The van der Waals surface area contributed by atoms with E-state index in [-0.39, 0.29) is 0 Å². The van der Waals surface area contributed by atoms with Crippen LogP contribution >= 0.6 is 31.9 Å². The van der Waals surface area contributed by atoms with E-state index < -0.39 is 0 Å². The molecular formula is C20H24Br2N2. The number of halogens is 2. The summed E-state index contributed by atoms with van der Waals surface area (Å²) in [7, 11) is 0. The van der Waals surface area contributed by atoms with E-state index in [2.05, 4.69) is 91.5 Å². The van der Waals surface area contributed by atoms with E-state index in [4.69, 9.17) is 0 Å². The summed E-state index contributed by atoms with van der Waals surface area (Å²) in [6.45, 7) is 8.17. The molecule has 1 unspecified atom stereocenters. The van der Waals surface area contributed by atoms with Crippen molar-refractivity contribution in [3.8, 4) is 11.1 Å². The number of rotatable bonds is 5. The van der Waals surface area contributed by atoms with E-state index in [1.165, 1.54) is 42.7 Å². The quantitative estimate of drug-likeness (QED) is 0.665. The Morgan fingerprint density at radius 1 is 1.04 bits per heavy atom. The minimum Gasteiger partial charge on any atom is -0.314 e. The first kappa shape index (κ1) is 18.1. The molecule has 2 aromatic rings. The standard InChI is InChI=1S/C20H24Br2N2/c1-15(8-11-24-12-9-23-10-13-24)16-2-4-17(5-3-16)19-7-6-18(21)14-20(19)22/h2-7,14-15,23H,8-13H2,1H3. The van der Waals surface area contributed by atoms with E-state index >= 15 is 0 Å². The van der Waals surface area contributed by atoms with Crippen LogP contribution < -0.4 is 5.32 Å². The van der Waals surface area contributed by atoms with Gasteiger partial charge in [-0.3, -0.25) is 0 Å². The lowest BCUT2D eigenvalue weighted by molar-refractivity contribution is 0.234. The molecule has 4 heteroatoms. The largest absolute Gasteiger partial charge is 0.314 e. The molecule has 0 bridgehead atoms. The number of hydrogen-bond acceptors (Lipinski definition) is 2. The first-order chi connectivity index (χ1) is 11.6. The zero-order chi connectivity index (χ0) is 16.9. The molecule has 1 fully saturated rings. The van der Waals surface area contributed by atoms with E-state index in [1.807, 2.05) is 0 Å². The summed E-state index contributed by atoms with van der Waals surface area (Å²) in [6.07, 6.45) is 1.22. The predicted molar refractivity (Wildman–Crippen MR) is 110 cm³/mol. The molecule has 1 saturated heterocycles. The van der Waals surface area contributed by atoms with Gasteiger partial charge in [0.15, 0.2) is 0 Å². The molecule has 0 saturated carbocycles. The SMILES string of the molecule is CC(CCN1CCNCC1)c1ccc(-c2ccc(Br)cc2Br)cc1. The Morgan fingerprint density at radius 2 is 1.75 bits per heavy atom. The van der Waals surface area contributed by atoms with E-state index in [0.29, 0.717) is 5.92 Å². The van der Waals surface area contributed by atoms with Gasteiger partial charge >= 0.3 is 0 Å². The van der Waals surface area contributed by atoms with E-state index in [9.17, 15) is 0 Å². The second-order valence-corrected chi connectivity index (χ2v) is 8.30. The maximum atomic E-state index is 3.66. The van der Waals surface area contributed by atoms with Gasteiger partial charge in [-0.1, -0.05) is 69.1 Å². The maximum Gasteiger partial charge on any atom is 0.0264 e. The van der Waals surface area contributed by atoms with Gasteiger partial charge in [0, 0.05) is 35.1 Å². The summed E-state index contributed by atoms with van der Waals surface area (Å²) >= 11 is 7.17. The van der Waals surface area contributed by atoms with Crippen molar-refractivity contribution in [1.82, 2.24) is 10.2 Å². The lowest BCUT2D eigenvalue weighted by Gasteiger charge is -2.28. The Hall–Kier alpha value is -0.680. The molecule has 24 heavy (non-hydrogen) atoms. The van der Waals surface area contributed by atoms with E-state index in [1.54, 1.807) is 0 Å². The van der Waals surface area contributed by atoms with Crippen molar-refractivity contribution < 1.29 is 0 Å². The van der Waals surface area contributed by atoms with Crippen LogP contribution in [-0.4, -0.2) is 37.6 Å². The third-order valence-corrected chi connectivity index (χ3v) is 5.96. The molecule has 1 aliphatic heterocycles. The van der Waals surface area contributed by atoms with Crippen LogP contribution in [0.5, 0.6) is 0 Å². The van der Waals surface area contributed by atoms with Gasteiger partial charge in [-0.05, 0) is 47.7 Å². The van der Waals surface area contributed by atoms with Gasteiger partial charge in [-0.2, -0.15) is 0 Å². The van der Waals surface area contributed by atoms with Gasteiger partial charge in [0.2, 0.25) is 0 Å². The second kappa shape index (κ2) is 8.61. The first-order valence-corrected chi connectivity index (χ1v) is 10.2. The van der Waals surface area contributed by atoms with Crippen LogP contribution in [-0.2, 0) is 0 Å². The molecule has 0 spiro atoms. The van der Waals surface area contributed by atoms with Gasteiger partial charge in [0.1, 0.15) is 0 Å². The second-order valence-electron chi connectivity index (χ2n) is 6.53. The molecule has 1 atom stereocenters. The summed E-state index contributed by atoms with van der Waals surface area (Å²) in [5, 5.41) is 3.42. The molecule has 1 heterocycles. The fraction of sp³-hybridized carbons (Fsp3) is 0.400. The van der Waals surface area contributed by atoms with Crippen molar-refractivity contribution >= 4 is 31.9 Å². The highest BCUT2D eigenvalue weighted by atomic mass is 79.9. The van der Waals surface area contributed by atoms with Crippen molar-refractivity contribution in [3.63, 3.8) is 0 Å². The molecule has 1 N–H and O–H groups in total. The summed E-state index contributed by atoms with van der Waals surface area (Å²) in [5.74, 6) is 0.599. The minimum absolute atomic E-state index is 0.599. The highest BCUT2D eigenvalue weighted by Crippen LogP contribution is 2.32. The number of hydrogen-bond donors (Lipinski definition) is 1. The van der Waals surface area contributed by atoms with Crippen molar-refractivity contribution in [2.24, 2.45) is 0 Å². The smallest absolute Gasteiger partial charge is 0.0264 e. The summed E-state index contributed by atoms with van der Waals surface area (Å²) < 4.78 is 2.22. The molecule has 3 rings (SSSR count). The molecule has 1 aliphatic rings. The molecule has 128 valence electrons. The Morgan fingerprint density at radius 3 is 2.42 bits per heavy atom. The van der Waals surface area contributed by atoms with Gasteiger partial charge in [-0.25, -0.2) is 0 Å². The highest BCUT2D eigenvalue weighted by Gasteiger charge is 2.12. The first-order valence-electron chi connectivity index (χ1n) is 8.62. The van der Waals surface area contributed by atoms with Crippen LogP contribution in [0, 0.1) is 0 Å². The summed E-state index contributed by atoms with van der Waals surface area (Å²) in [5.41, 5.74) is 3.92. The fourth-order valence-corrected chi connectivity index (χ4v) is 4.47. The van der Waals surface area contributed by atoms with Crippen molar-refractivity contribution in [1.29, 1.82) is 0 Å². The van der Waals surface area contributed by atoms with Crippen LogP contribution in [0.4, 0.5) is 0 Å². The minimum atomic E-state index is 0.599. The highest BCUT2D eigenvalue weighted by molar-refractivity contribution is 9.11. The van der Waals surface area contributed by atoms with Crippen molar-refractivity contribution in [3.05, 3.63) is 57.0 Å². The normalized spacial score (nSPS) is 17.0. The average Bonchev–Trinajstić information content (AvgIpc) is 2.61. The summed E-state index contributed by atoms with van der Waals surface area (Å²) in [6, 6.07) is 15.4. The monoisotopic (exact) mass is 450 g/mol. The van der Waals surface area contributed by atoms with Crippen molar-refractivity contribution in [2.45, 2.75) is 19.3 Å². The molecule has 2 nitrogen and oxygen atoms in total. The molecule has 0 amide bonds. The Kier molecular flexibility index (Phi) is 6.50. The lowest BCUT2D eigenvalue weighted by Crippen LogP contribution is -2.43. The third kappa shape index (κ3) is 4.69. The molecular weight excluding hydrogens is 428 g/mol. The Balaban J connectivity index is 1.62. The Labute approximate surface area is 161 Å². The molecule has 0 radical (unpaired) electrons. The number of nitrogens with one attached hydrogen (secondary N) is 1. The molecule has 2 aromatic carbocycles. The maximum absolute atomic E-state index is 3.66. The molecule has 0 aromatic heterocycles. The van der Waals surface area contributed by atoms with Gasteiger partial charge in [0.25, 0.3) is 0 Å². The zero-order valence-electron chi connectivity index (χ0n) is 14.1.